The molecule has 2 heterocycles. The van der Waals surface area contributed by atoms with Crippen LogP contribution in [0.4, 0.5) is 17.1 Å². The van der Waals surface area contributed by atoms with Crippen LogP contribution in [0.2, 0.25) is 0 Å². The highest BCUT2D eigenvalue weighted by Crippen LogP contribution is 2.52. The first kappa shape index (κ1) is 40.2. The van der Waals surface area contributed by atoms with Crippen LogP contribution in [0.5, 0.6) is 0 Å². The Balaban J connectivity index is 0.818. The Morgan fingerprint density at radius 1 is 0.314 bits per heavy atom. The first-order valence-corrected chi connectivity index (χ1v) is 24.3. The Morgan fingerprint density at radius 2 is 0.786 bits per heavy atom. The smallest absolute Gasteiger partial charge is 0.0541 e. The fraction of sp³-hybridized carbons (Fsp3) is 0.0448. The second kappa shape index (κ2) is 15.6. The van der Waals surface area contributed by atoms with Gasteiger partial charge < -0.3 is 14.0 Å². The zero-order valence-electron chi connectivity index (χ0n) is 39.0. The van der Waals surface area contributed by atoms with Crippen molar-refractivity contribution in [2.24, 2.45) is 0 Å². The van der Waals surface area contributed by atoms with E-state index in [0.29, 0.717) is 0 Å². The van der Waals surface area contributed by atoms with Gasteiger partial charge in [0.1, 0.15) is 0 Å². The van der Waals surface area contributed by atoms with Gasteiger partial charge in [0.15, 0.2) is 0 Å². The molecule has 13 aromatic rings. The number of anilines is 3. The van der Waals surface area contributed by atoms with Gasteiger partial charge in [-0.15, -0.1) is 0 Å². The highest BCUT2D eigenvalue weighted by atomic mass is 15.1. The van der Waals surface area contributed by atoms with Crippen LogP contribution in [-0.2, 0) is 5.41 Å². The molecule has 0 bridgehead atoms. The largest absolute Gasteiger partial charge is 0.310 e. The fourth-order valence-electron chi connectivity index (χ4n) is 11.7. The van der Waals surface area contributed by atoms with Crippen LogP contribution in [0, 0.1) is 0 Å². The van der Waals surface area contributed by atoms with Gasteiger partial charge in [-0.2, -0.15) is 0 Å². The van der Waals surface area contributed by atoms with Gasteiger partial charge in [0, 0.05) is 55.1 Å². The van der Waals surface area contributed by atoms with Crippen LogP contribution < -0.4 is 4.90 Å². The van der Waals surface area contributed by atoms with E-state index in [0.717, 1.165) is 17.1 Å². The minimum absolute atomic E-state index is 0.233. The van der Waals surface area contributed by atoms with Crippen molar-refractivity contribution in [2.45, 2.75) is 19.3 Å². The zero-order chi connectivity index (χ0) is 46.5. The number of hydrogen-bond donors (Lipinski definition) is 0. The van der Waals surface area contributed by atoms with E-state index >= 15 is 0 Å². The number of fused-ring (bicyclic) bond motifs is 10. The topological polar surface area (TPSA) is 13.1 Å². The lowest BCUT2D eigenvalue weighted by molar-refractivity contribution is 0.660. The summed E-state index contributed by atoms with van der Waals surface area (Å²) in [6.07, 6.45) is 0. The first-order chi connectivity index (χ1) is 34.5. The minimum atomic E-state index is -0.233. The Bertz CT molecular complexity index is 4130. The van der Waals surface area contributed by atoms with Gasteiger partial charge in [-0.1, -0.05) is 178 Å². The minimum Gasteiger partial charge on any atom is -0.310 e. The van der Waals surface area contributed by atoms with Crippen molar-refractivity contribution in [3.63, 3.8) is 0 Å². The number of aromatic nitrogens is 2. The summed E-state index contributed by atoms with van der Waals surface area (Å²) >= 11 is 0. The molecular formula is C67H47N3. The van der Waals surface area contributed by atoms with Gasteiger partial charge in [-0.05, 0) is 135 Å². The molecule has 0 radical (unpaired) electrons. The van der Waals surface area contributed by atoms with Crippen LogP contribution in [0.1, 0.15) is 25.0 Å². The van der Waals surface area contributed by atoms with Crippen molar-refractivity contribution >= 4 is 71.4 Å². The van der Waals surface area contributed by atoms with E-state index in [1.165, 1.54) is 110 Å². The van der Waals surface area contributed by atoms with Gasteiger partial charge in [-0.25, -0.2) is 0 Å². The third kappa shape index (κ3) is 6.15. The number of para-hydroxylation sites is 4. The van der Waals surface area contributed by atoms with Gasteiger partial charge in [0.25, 0.3) is 0 Å². The highest BCUT2D eigenvalue weighted by molar-refractivity contribution is 6.11. The van der Waals surface area contributed by atoms with Crippen molar-refractivity contribution in [1.29, 1.82) is 0 Å². The second-order valence-corrected chi connectivity index (χ2v) is 19.3. The molecule has 0 unspecified atom stereocenters. The fourth-order valence-corrected chi connectivity index (χ4v) is 11.7. The lowest BCUT2D eigenvalue weighted by Crippen LogP contribution is -2.17. The van der Waals surface area contributed by atoms with E-state index in [1.54, 1.807) is 0 Å². The van der Waals surface area contributed by atoms with Crippen molar-refractivity contribution in [3.8, 4) is 44.8 Å². The maximum Gasteiger partial charge on any atom is 0.0541 e. The number of benzene rings is 11. The van der Waals surface area contributed by atoms with Crippen molar-refractivity contribution in [3.05, 3.63) is 260 Å². The normalized spacial score (nSPS) is 12.8. The summed E-state index contributed by atoms with van der Waals surface area (Å²) in [4.78, 5) is 2.45. The van der Waals surface area contributed by atoms with Crippen molar-refractivity contribution in [2.75, 3.05) is 4.90 Å². The average molecular weight is 894 g/mol. The summed E-state index contributed by atoms with van der Waals surface area (Å²) in [6, 6.07) is 91.6. The predicted molar refractivity (Wildman–Crippen MR) is 296 cm³/mol. The molecule has 0 N–H and O–H groups in total. The molecule has 3 nitrogen and oxygen atoms in total. The number of nitrogens with zero attached hydrogens (tertiary/aromatic N) is 3. The molecule has 1 aliphatic carbocycles. The van der Waals surface area contributed by atoms with Crippen LogP contribution in [0.25, 0.3) is 99.1 Å². The summed E-state index contributed by atoms with van der Waals surface area (Å²) < 4.78 is 4.80. The molecule has 0 spiro atoms. The molecule has 2 aromatic heterocycles. The molecule has 14 rings (SSSR count). The Labute approximate surface area is 407 Å². The maximum absolute atomic E-state index is 2.45. The van der Waals surface area contributed by atoms with Crippen LogP contribution in [-0.4, -0.2) is 9.13 Å². The molecule has 0 saturated heterocycles. The second-order valence-electron chi connectivity index (χ2n) is 19.3. The molecule has 0 fully saturated rings. The standard InChI is InChI=1S/C67H47N3/c1-67(2)60-42-51(36-38-54(60)55-39-37-52(43-61(55)67)70-63-23-11-8-20-56(63)57-21-9-12-24-64(57)70)68(62-26-14-16-47-15-6-7-19-53(47)62)50-34-31-45(32-35-50)44-27-29-46(30-28-44)48-33-40-66-59(41-48)58-22-10-13-25-65(58)69(66)49-17-4-3-5-18-49/h3-43H,1-2H3. The molecule has 0 saturated carbocycles. The van der Waals surface area contributed by atoms with E-state index in [-0.39, 0.29) is 5.41 Å². The summed E-state index contributed by atoms with van der Waals surface area (Å²) in [5.41, 5.74) is 20.5. The van der Waals surface area contributed by atoms with Crippen LogP contribution >= 0.6 is 0 Å². The summed E-state index contributed by atoms with van der Waals surface area (Å²) in [7, 11) is 0. The third-order valence-corrected chi connectivity index (χ3v) is 15.1. The number of rotatable bonds is 7. The SMILES string of the molecule is CC1(C)c2cc(N(c3ccc(-c4ccc(-c5ccc6c(c5)c5ccccc5n6-c5ccccc5)cc4)cc3)c3cccc4ccccc34)ccc2-c2ccc(-n3c4ccccc4c4ccccc43)cc21. The van der Waals surface area contributed by atoms with E-state index in [4.69, 9.17) is 0 Å². The molecule has 0 amide bonds. The van der Waals surface area contributed by atoms with Gasteiger partial charge in [0.2, 0.25) is 0 Å². The quantitative estimate of drug-likeness (QED) is 0.155. The summed E-state index contributed by atoms with van der Waals surface area (Å²) in [6.45, 7) is 4.78. The Hall–Kier alpha value is -8.92. The lowest BCUT2D eigenvalue weighted by Gasteiger charge is -2.29. The monoisotopic (exact) mass is 893 g/mol. The van der Waals surface area contributed by atoms with E-state index in [1.807, 2.05) is 0 Å². The van der Waals surface area contributed by atoms with Gasteiger partial charge >= 0.3 is 0 Å². The molecule has 70 heavy (non-hydrogen) atoms. The predicted octanol–water partition coefficient (Wildman–Crippen LogP) is 18.1. The van der Waals surface area contributed by atoms with E-state index < -0.39 is 0 Å². The van der Waals surface area contributed by atoms with Gasteiger partial charge in [-0.3, -0.25) is 0 Å². The first-order valence-electron chi connectivity index (χ1n) is 24.3. The molecular weight excluding hydrogens is 847 g/mol. The van der Waals surface area contributed by atoms with Crippen LogP contribution in [0.3, 0.4) is 0 Å². The van der Waals surface area contributed by atoms with Crippen LogP contribution in [0.15, 0.2) is 249 Å². The molecule has 11 aromatic carbocycles. The molecule has 330 valence electrons. The van der Waals surface area contributed by atoms with Crippen molar-refractivity contribution in [1.82, 2.24) is 9.13 Å². The molecule has 1 aliphatic rings. The van der Waals surface area contributed by atoms with E-state index in [2.05, 4.69) is 277 Å². The molecule has 0 aliphatic heterocycles. The molecule has 0 atom stereocenters. The number of hydrogen-bond acceptors (Lipinski definition) is 1. The van der Waals surface area contributed by atoms with Crippen molar-refractivity contribution < 1.29 is 0 Å². The summed E-state index contributed by atoms with van der Waals surface area (Å²) in [5.74, 6) is 0. The average Bonchev–Trinajstić information content (AvgIpc) is 4.01. The Morgan fingerprint density at radius 3 is 1.46 bits per heavy atom. The van der Waals surface area contributed by atoms with Gasteiger partial charge in [0.05, 0.1) is 27.8 Å². The Kier molecular flexibility index (Phi) is 8.93. The maximum atomic E-state index is 2.45. The summed E-state index contributed by atoms with van der Waals surface area (Å²) in [5, 5.41) is 7.50. The molecule has 3 heteroatoms. The third-order valence-electron chi connectivity index (χ3n) is 15.1. The zero-order valence-corrected chi connectivity index (χ0v) is 39.0. The lowest BCUT2D eigenvalue weighted by atomic mass is 9.82. The van der Waals surface area contributed by atoms with E-state index in [9.17, 15) is 0 Å². The highest BCUT2D eigenvalue weighted by Gasteiger charge is 2.37.